The molecule has 0 saturated carbocycles. The summed E-state index contributed by atoms with van der Waals surface area (Å²) in [6.45, 7) is 4.79. The number of fused-ring (bicyclic) bond motifs is 1. The van der Waals surface area contributed by atoms with Gasteiger partial charge in [-0.1, -0.05) is 11.6 Å². The number of hydrogen-bond donors (Lipinski definition) is 10. The normalized spacial score (nSPS) is 33.7. The molecule has 0 amide bonds. The Morgan fingerprint density at radius 3 is 2.00 bits per heavy atom. The number of carbonyl (C=O) groups is 1. The molecule has 15 atom stereocenters. The average Bonchev–Trinajstić information content (AvgIpc) is 3.24. The van der Waals surface area contributed by atoms with E-state index in [0.717, 1.165) is 18.6 Å². The largest absolute Gasteiger partial charge is 0.507 e. The molecule has 62 heavy (non-hydrogen) atoms. The van der Waals surface area contributed by atoms with Crippen LogP contribution in [0.5, 0.6) is 23.0 Å². The summed E-state index contributed by atoms with van der Waals surface area (Å²) in [5, 5.41) is 107. The molecule has 342 valence electrons. The van der Waals surface area contributed by atoms with Gasteiger partial charge >= 0.3 is 5.97 Å². The molecule has 2 aromatic carbocycles. The molecule has 0 unspecified atom stereocenters. The van der Waals surface area contributed by atoms with Crippen LogP contribution in [0.2, 0.25) is 0 Å². The second-order valence-electron chi connectivity index (χ2n) is 15.4. The number of phenolic OH excluding ortho intramolecular Hbond substituents is 1. The predicted octanol–water partition coefficient (Wildman–Crippen LogP) is -1.54. The summed E-state index contributed by atoms with van der Waals surface area (Å²) in [6, 6.07) is 7.17. The van der Waals surface area contributed by atoms with Crippen LogP contribution in [-0.4, -0.2) is 169 Å². The van der Waals surface area contributed by atoms with E-state index >= 15 is 0 Å². The summed E-state index contributed by atoms with van der Waals surface area (Å²) >= 11 is 0. The molecular formula is C41H52O21. The maximum absolute atomic E-state index is 14.7. The fourth-order valence-corrected chi connectivity index (χ4v) is 7.19. The van der Waals surface area contributed by atoms with Crippen molar-refractivity contribution >= 4 is 16.9 Å². The van der Waals surface area contributed by atoms with E-state index in [2.05, 4.69) is 0 Å². The Balaban J connectivity index is 1.43. The molecule has 0 spiro atoms. The fourth-order valence-electron chi connectivity index (χ4n) is 7.19. The minimum Gasteiger partial charge on any atom is -0.507 e. The predicted molar refractivity (Wildman–Crippen MR) is 209 cm³/mol. The number of allylic oxidation sites excluding steroid dienone is 2. The monoisotopic (exact) mass is 880 g/mol. The fraction of sp³-hybridized carbons (Fsp3) is 0.561. The third-order valence-electron chi connectivity index (χ3n) is 10.8. The molecule has 3 fully saturated rings. The van der Waals surface area contributed by atoms with Gasteiger partial charge in [0.2, 0.25) is 23.8 Å². The van der Waals surface area contributed by atoms with Crippen LogP contribution in [0.25, 0.3) is 22.3 Å². The van der Waals surface area contributed by atoms with Crippen molar-refractivity contribution in [2.45, 2.75) is 126 Å². The molecule has 21 heteroatoms. The van der Waals surface area contributed by atoms with Crippen molar-refractivity contribution in [3.05, 3.63) is 57.8 Å². The number of ether oxygens (including phenoxy) is 8. The average molecular weight is 881 g/mol. The first kappa shape index (κ1) is 47.0. The zero-order valence-corrected chi connectivity index (χ0v) is 34.2. The minimum atomic E-state index is -1.98. The van der Waals surface area contributed by atoms with Gasteiger partial charge in [-0.2, -0.15) is 0 Å². The second-order valence-corrected chi connectivity index (χ2v) is 15.4. The van der Waals surface area contributed by atoms with Gasteiger partial charge in [0.15, 0.2) is 12.1 Å². The van der Waals surface area contributed by atoms with E-state index in [1.165, 1.54) is 26.2 Å². The summed E-state index contributed by atoms with van der Waals surface area (Å²) in [5.74, 6) is -2.07. The van der Waals surface area contributed by atoms with Crippen LogP contribution in [0.15, 0.2) is 51.2 Å². The summed E-state index contributed by atoms with van der Waals surface area (Å²) in [4.78, 5) is 26.1. The maximum Gasteiger partial charge on any atom is 0.302 e. The highest BCUT2D eigenvalue weighted by Crippen LogP contribution is 2.42. The Kier molecular flexibility index (Phi) is 14.8. The van der Waals surface area contributed by atoms with Gasteiger partial charge in [-0.05, 0) is 51.5 Å². The van der Waals surface area contributed by atoms with Gasteiger partial charge < -0.3 is 93.4 Å². The first-order valence-electron chi connectivity index (χ1n) is 19.6. The van der Waals surface area contributed by atoms with Crippen molar-refractivity contribution in [2.24, 2.45) is 0 Å². The SMILES string of the molecule is COc1ccc(-c2oc3c(CC=C(C)C)c(O[C@H]4O[C@@H](CO)[C@H](O)[C@H](O)[C@@H]4O)cc(O)c3c(=O)c2O[C@@H]2O[C@@H](C)[C@H](O)[C@@H](O[C@@H]3O[C@@H](COC(C)=O)[C@H](O)[C@H](O)[C@@H]3O)[C@@H]2O)cc1. The van der Waals surface area contributed by atoms with E-state index in [4.69, 9.17) is 42.3 Å². The highest BCUT2D eigenvalue weighted by Gasteiger charge is 2.51. The highest BCUT2D eigenvalue weighted by atomic mass is 16.7. The van der Waals surface area contributed by atoms with Crippen molar-refractivity contribution in [3.63, 3.8) is 0 Å². The standard InChI is InChI=1S/C41H52O21/c1-15(2)6-11-20-22(57-39-32(51)30(49)27(46)23(13-42)58-39)12-21(44)25-29(48)38(35(60-36(20)25)18-7-9-19(54-5)10-8-18)62-41-34(53)37(26(45)16(3)56-41)61-40-33(52)31(50)28(47)24(59-40)14-55-17(4)43/h6-10,12,16,23-24,26-28,30-34,37,39-42,44-47,49-53H,11,13-14H2,1-5H3/t16-,23-,24-,26-,27-,28-,30-,31-,32-,33-,34-,37+,39-,40-,41-/m0/s1. The zero-order valence-electron chi connectivity index (χ0n) is 34.2. The molecule has 4 heterocycles. The lowest BCUT2D eigenvalue weighted by molar-refractivity contribution is -0.350. The summed E-state index contributed by atoms with van der Waals surface area (Å²) in [7, 11) is 1.44. The Morgan fingerprint density at radius 1 is 0.774 bits per heavy atom. The van der Waals surface area contributed by atoms with E-state index < -0.39 is 134 Å². The van der Waals surface area contributed by atoms with E-state index in [-0.39, 0.29) is 34.6 Å². The molecule has 0 bridgehead atoms. The summed E-state index contributed by atoms with van der Waals surface area (Å²) in [6.07, 6.45) is -23.7. The van der Waals surface area contributed by atoms with Crippen LogP contribution >= 0.6 is 0 Å². The lowest BCUT2D eigenvalue weighted by Gasteiger charge is -2.45. The lowest BCUT2D eigenvalue weighted by Crippen LogP contribution is -2.64. The molecule has 6 rings (SSSR count). The third kappa shape index (κ3) is 9.55. The lowest BCUT2D eigenvalue weighted by atomic mass is 9.97. The van der Waals surface area contributed by atoms with Crippen molar-refractivity contribution in [1.29, 1.82) is 0 Å². The number of aromatic hydroxyl groups is 1. The number of methoxy groups -OCH3 is 1. The number of benzene rings is 2. The van der Waals surface area contributed by atoms with Gasteiger partial charge in [0, 0.05) is 24.1 Å². The molecule has 10 N–H and O–H groups in total. The number of phenols is 1. The van der Waals surface area contributed by atoms with E-state index in [9.17, 15) is 60.7 Å². The quantitative estimate of drug-likeness (QED) is 0.0687. The molecule has 0 aliphatic carbocycles. The molecular weight excluding hydrogens is 828 g/mol. The van der Waals surface area contributed by atoms with Gasteiger partial charge in [0.05, 0.1) is 19.8 Å². The number of aliphatic hydroxyl groups is 9. The topological polar surface area (TPSA) is 323 Å². The first-order valence-corrected chi connectivity index (χ1v) is 19.6. The van der Waals surface area contributed by atoms with Crippen LogP contribution in [-0.2, 0) is 34.9 Å². The molecule has 3 aliphatic rings. The van der Waals surface area contributed by atoms with Crippen LogP contribution in [0.4, 0.5) is 0 Å². The Labute approximate surface area is 353 Å². The zero-order chi connectivity index (χ0) is 45.3. The Bertz CT molecular complexity index is 2120. The van der Waals surface area contributed by atoms with E-state index in [1.807, 2.05) is 0 Å². The highest BCUT2D eigenvalue weighted by molar-refractivity contribution is 5.91. The summed E-state index contributed by atoms with van der Waals surface area (Å²) < 4.78 is 51.5. The molecule has 3 aromatic rings. The number of aliphatic hydroxyl groups excluding tert-OH is 9. The third-order valence-corrected chi connectivity index (χ3v) is 10.8. The number of carbonyl (C=O) groups excluding carboxylic acids is 1. The Morgan fingerprint density at radius 2 is 1.39 bits per heavy atom. The van der Waals surface area contributed by atoms with Crippen LogP contribution in [0.1, 0.15) is 33.3 Å². The van der Waals surface area contributed by atoms with Crippen LogP contribution in [0, 0.1) is 0 Å². The van der Waals surface area contributed by atoms with Gasteiger partial charge in [-0.3, -0.25) is 9.59 Å². The van der Waals surface area contributed by atoms with Crippen LogP contribution < -0.4 is 19.6 Å². The van der Waals surface area contributed by atoms with Crippen molar-refractivity contribution < 1.29 is 98.2 Å². The Hall–Kier alpha value is -4.46. The van der Waals surface area contributed by atoms with Crippen LogP contribution in [0.3, 0.4) is 0 Å². The summed E-state index contributed by atoms with van der Waals surface area (Å²) in [5.41, 5.74) is -0.0532. The van der Waals surface area contributed by atoms with E-state index in [0.29, 0.717) is 5.75 Å². The van der Waals surface area contributed by atoms with Crippen molar-refractivity contribution in [1.82, 2.24) is 0 Å². The number of esters is 1. The smallest absolute Gasteiger partial charge is 0.302 e. The molecule has 1 aromatic heterocycles. The molecule has 3 aliphatic heterocycles. The molecule has 21 nitrogen and oxygen atoms in total. The number of rotatable bonds is 13. The minimum absolute atomic E-state index is 0.00150. The second kappa shape index (κ2) is 19.5. The van der Waals surface area contributed by atoms with E-state index in [1.54, 1.807) is 32.1 Å². The molecule has 0 radical (unpaired) electrons. The van der Waals surface area contributed by atoms with Gasteiger partial charge in [-0.25, -0.2) is 0 Å². The van der Waals surface area contributed by atoms with Gasteiger partial charge in [-0.15, -0.1) is 0 Å². The first-order chi connectivity index (χ1) is 29.4. The molecule has 3 saturated heterocycles. The van der Waals surface area contributed by atoms with Gasteiger partial charge in [0.1, 0.15) is 102 Å². The maximum atomic E-state index is 14.7. The van der Waals surface area contributed by atoms with Gasteiger partial charge in [0.25, 0.3) is 0 Å². The van der Waals surface area contributed by atoms with Crippen molar-refractivity contribution in [2.75, 3.05) is 20.3 Å². The van der Waals surface area contributed by atoms with Crippen molar-refractivity contribution in [3.8, 4) is 34.3 Å². The number of hydrogen-bond acceptors (Lipinski definition) is 21.